The highest BCUT2D eigenvalue weighted by molar-refractivity contribution is 7.14. The highest BCUT2D eigenvalue weighted by Crippen LogP contribution is 2.22. The van der Waals surface area contributed by atoms with Gasteiger partial charge in [-0.25, -0.2) is 4.98 Å². The van der Waals surface area contributed by atoms with E-state index >= 15 is 0 Å². The van der Waals surface area contributed by atoms with Crippen LogP contribution in [0.2, 0.25) is 0 Å². The first-order valence-electron chi connectivity index (χ1n) is 6.91. The van der Waals surface area contributed by atoms with Crippen LogP contribution >= 0.6 is 11.3 Å². The molecule has 0 aliphatic carbocycles. The number of hydrogen-bond acceptors (Lipinski definition) is 5. The third-order valence-corrected chi connectivity index (χ3v) is 4.14. The van der Waals surface area contributed by atoms with Crippen LogP contribution < -0.4 is 5.32 Å². The Morgan fingerprint density at radius 3 is 2.85 bits per heavy atom. The summed E-state index contributed by atoms with van der Waals surface area (Å²) in [5.41, 5.74) is 0.916. The number of rotatable bonds is 7. The van der Waals surface area contributed by atoms with Gasteiger partial charge in [-0.3, -0.25) is 4.98 Å². The standard InChI is InChI=1S/C15H21N3OS/c1-11(2)14(19)6-8-16-9-12-10-18-15(20-12)13-5-3-4-7-17-13/h3-5,7,10-11,14,16,19H,6,8-9H2,1-2H3. The molecule has 2 N–H and O–H groups in total. The van der Waals surface area contributed by atoms with Crippen molar-refractivity contribution in [2.24, 2.45) is 5.92 Å². The zero-order chi connectivity index (χ0) is 14.4. The fraction of sp³-hybridized carbons (Fsp3) is 0.467. The molecule has 0 saturated carbocycles. The summed E-state index contributed by atoms with van der Waals surface area (Å²) in [5.74, 6) is 0.316. The number of aliphatic hydroxyl groups is 1. The van der Waals surface area contributed by atoms with Gasteiger partial charge >= 0.3 is 0 Å². The lowest BCUT2D eigenvalue weighted by Crippen LogP contribution is -2.23. The molecular weight excluding hydrogens is 270 g/mol. The Hall–Kier alpha value is -1.30. The Bertz CT molecular complexity index is 513. The summed E-state index contributed by atoms with van der Waals surface area (Å²) < 4.78 is 0. The number of nitrogens with one attached hydrogen (secondary N) is 1. The van der Waals surface area contributed by atoms with E-state index in [-0.39, 0.29) is 6.10 Å². The van der Waals surface area contributed by atoms with Gasteiger partial charge in [-0.15, -0.1) is 11.3 Å². The number of nitrogens with zero attached hydrogens (tertiary/aromatic N) is 2. The van der Waals surface area contributed by atoms with Crippen LogP contribution in [0.15, 0.2) is 30.6 Å². The van der Waals surface area contributed by atoms with Gasteiger partial charge in [0.25, 0.3) is 0 Å². The number of aromatic nitrogens is 2. The predicted octanol–water partition coefficient (Wildman–Crippen LogP) is 2.70. The normalized spacial score (nSPS) is 12.8. The molecule has 0 aromatic carbocycles. The van der Waals surface area contributed by atoms with Crippen LogP contribution in [0.25, 0.3) is 10.7 Å². The molecule has 0 spiro atoms. The smallest absolute Gasteiger partial charge is 0.142 e. The van der Waals surface area contributed by atoms with E-state index in [1.54, 1.807) is 17.5 Å². The van der Waals surface area contributed by atoms with Gasteiger partial charge in [-0.1, -0.05) is 19.9 Å². The largest absolute Gasteiger partial charge is 0.393 e. The Balaban J connectivity index is 1.79. The zero-order valence-electron chi connectivity index (χ0n) is 11.9. The molecule has 0 bridgehead atoms. The van der Waals surface area contributed by atoms with E-state index in [9.17, 15) is 5.11 Å². The van der Waals surface area contributed by atoms with Gasteiger partial charge in [0.15, 0.2) is 0 Å². The lowest BCUT2D eigenvalue weighted by atomic mass is 10.0. The first kappa shape index (κ1) is 15.1. The van der Waals surface area contributed by atoms with Crippen molar-refractivity contribution in [3.05, 3.63) is 35.5 Å². The molecule has 1 atom stereocenters. The molecule has 2 aromatic heterocycles. The van der Waals surface area contributed by atoms with Crippen molar-refractivity contribution in [1.82, 2.24) is 15.3 Å². The van der Waals surface area contributed by atoms with Gasteiger partial charge in [0, 0.05) is 23.8 Å². The summed E-state index contributed by atoms with van der Waals surface area (Å²) in [5, 5.41) is 14.0. The molecule has 5 heteroatoms. The van der Waals surface area contributed by atoms with Crippen LogP contribution in [0.5, 0.6) is 0 Å². The molecule has 0 radical (unpaired) electrons. The SMILES string of the molecule is CC(C)C(O)CCNCc1cnc(-c2ccccn2)s1. The molecule has 0 amide bonds. The summed E-state index contributed by atoms with van der Waals surface area (Å²) in [4.78, 5) is 9.88. The molecule has 0 fully saturated rings. The molecule has 20 heavy (non-hydrogen) atoms. The van der Waals surface area contributed by atoms with Crippen LogP contribution in [0, 0.1) is 5.92 Å². The molecule has 1 unspecified atom stereocenters. The number of hydrogen-bond donors (Lipinski definition) is 2. The summed E-state index contributed by atoms with van der Waals surface area (Å²) >= 11 is 1.65. The minimum atomic E-state index is -0.229. The van der Waals surface area contributed by atoms with Crippen molar-refractivity contribution >= 4 is 11.3 Å². The fourth-order valence-electron chi connectivity index (χ4n) is 1.79. The van der Waals surface area contributed by atoms with Crippen molar-refractivity contribution in [3.8, 4) is 10.7 Å². The van der Waals surface area contributed by atoms with E-state index in [1.165, 1.54) is 4.88 Å². The molecular formula is C15H21N3OS. The molecule has 4 nitrogen and oxygen atoms in total. The van der Waals surface area contributed by atoms with Crippen LogP contribution in [-0.2, 0) is 6.54 Å². The Morgan fingerprint density at radius 2 is 2.15 bits per heavy atom. The quantitative estimate of drug-likeness (QED) is 0.770. The minimum Gasteiger partial charge on any atom is -0.393 e. The maximum atomic E-state index is 9.72. The van der Waals surface area contributed by atoms with Crippen molar-refractivity contribution < 1.29 is 5.11 Å². The van der Waals surface area contributed by atoms with Crippen molar-refractivity contribution in [1.29, 1.82) is 0 Å². The van der Waals surface area contributed by atoms with Crippen LogP contribution in [0.4, 0.5) is 0 Å². The number of thiazole rings is 1. The van der Waals surface area contributed by atoms with E-state index in [2.05, 4.69) is 15.3 Å². The molecule has 108 valence electrons. The fourth-order valence-corrected chi connectivity index (χ4v) is 2.65. The minimum absolute atomic E-state index is 0.229. The van der Waals surface area contributed by atoms with Crippen LogP contribution in [0.3, 0.4) is 0 Å². The van der Waals surface area contributed by atoms with Gasteiger partial charge in [0.05, 0.1) is 11.8 Å². The maximum Gasteiger partial charge on any atom is 0.142 e. The van der Waals surface area contributed by atoms with E-state index in [4.69, 9.17) is 0 Å². The topological polar surface area (TPSA) is 58.0 Å². The lowest BCUT2D eigenvalue weighted by molar-refractivity contribution is 0.116. The van der Waals surface area contributed by atoms with E-state index in [0.29, 0.717) is 5.92 Å². The van der Waals surface area contributed by atoms with Crippen molar-refractivity contribution in [2.75, 3.05) is 6.54 Å². The lowest BCUT2D eigenvalue weighted by Gasteiger charge is -2.14. The van der Waals surface area contributed by atoms with Crippen LogP contribution in [0.1, 0.15) is 25.1 Å². The molecule has 2 aromatic rings. The maximum absolute atomic E-state index is 9.72. The highest BCUT2D eigenvalue weighted by Gasteiger charge is 2.09. The second kappa shape index (κ2) is 7.47. The number of aliphatic hydroxyl groups excluding tert-OH is 1. The second-order valence-electron chi connectivity index (χ2n) is 5.12. The summed E-state index contributed by atoms with van der Waals surface area (Å²) in [6.45, 7) is 5.67. The number of pyridine rings is 1. The zero-order valence-corrected chi connectivity index (χ0v) is 12.7. The predicted molar refractivity (Wildman–Crippen MR) is 82.5 cm³/mol. The van der Waals surface area contributed by atoms with Gasteiger partial charge < -0.3 is 10.4 Å². The Labute approximate surface area is 123 Å². The summed E-state index contributed by atoms with van der Waals surface area (Å²) in [7, 11) is 0. The van der Waals surface area contributed by atoms with E-state index in [0.717, 1.165) is 30.2 Å². The van der Waals surface area contributed by atoms with Crippen molar-refractivity contribution in [2.45, 2.75) is 32.9 Å². The van der Waals surface area contributed by atoms with Gasteiger partial charge in [0.2, 0.25) is 0 Å². The van der Waals surface area contributed by atoms with Gasteiger partial charge in [-0.05, 0) is 31.0 Å². The second-order valence-corrected chi connectivity index (χ2v) is 6.24. The monoisotopic (exact) mass is 291 g/mol. The molecule has 2 rings (SSSR count). The molecule has 0 saturated heterocycles. The first-order chi connectivity index (χ1) is 9.66. The first-order valence-corrected chi connectivity index (χ1v) is 7.73. The third kappa shape index (κ3) is 4.37. The molecule has 0 aliphatic heterocycles. The van der Waals surface area contributed by atoms with Crippen molar-refractivity contribution in [3.63, 3.8) is 0 Å². The average Bonchev–Trinajstić information content (AvgIpc) is 2.93. The summed E-state index contributed by atoms with van der Waals surface area (Å²) in [6.07, 6.45) is 4.22. The highest BCUT2D eigenvalue weighted by atomic mass is 32.1. The Kier molecular flexibility index (Phi) is 5.64. The Morgan fingerprint density at radius 1 is 1.30 bits per heavy atom. The van der Waals surface area contributed by atoms with E-state index in [1.807, 2.05) is 38.2 Å². The van der Waals surface area contributed by atoms with Gasteiger partial charge in [0.1, 0.15) is 5.01 Å². The molecule has 0 aliphatic rings. The van der Waals surface area contributed by atoms with Gasteiger partial charge in [-0.2, -0.15) is 0 Å². The average molecular weight is 291 g/mol. The summed E-state index contributed by atoms with van der Waals surface area (Å²) in [6, 6.07) is 5.84. The molecule has 2 heterocycles. The third-order valence-electron chi connectivity index (χ3n) is 3.12. The van der Waals surface area contributed by atoms with Crippen LogP contribution in [-0.4, -0.2) is 27.7 Å². The van der Waals surface area contributed by atoms with E-state index < -0.39 is 0 Å².